The van der Waals surface area contributed by atoms with Crippen molar-refractivity contribution in [2.45, 2.75) is 38.3 Å². The minimum Gasteiger partial charge on any atom is -0.354 e. The maximum atomic E-state index is 13.2. The van der Waals surface area contributed by atoms with Gasteiger partial charge >= 0.3 is 0 Å². The van der Waals surface area contributed by atoms with Crippen LogP contribution in [0.15, 0.2) is 54.6 Å². The summed E-state index contributed by atoms with van der Waals surface area (Å²) in [7, 11) is 0. The monoisotopic (exact) mass is 467 g/mol. The molecule has 1 aliphatic rings. The van der Waals surface area contributed by atoms with Gasteiger partial charge in [0.15, 0.2) is 0 Å². The van der Waals surface area contributed by atoms with E-state index in [2.05, 4.69) is 20.0 Å². The molecule has 1 aromatic heterocycles. The molecule has 1 unspecified atom stereocenters. The van der Waals surface area contributed by atoms with Gasteiger partial charge in [-0.25, -0.2) is 9.37 Å². The van der Waals surface area contributed by atoms with Gasteiger partial charge in [0.25, 0.3) is 0 Å². The quantitative estimate of drug-likeness (QED) is 0.532. The Bertz CT molecular complexity index is 1070. The molecule has 4 rings (SSSR count). The molecule has 3 aromatic rings. The summed E-state index contributed by atoms with van der Waals surface area (Å²) < 4.78 is 17.6. The molecule has 0 bridgehead atoms. The highest BCUT2D eigenvalue weighted by molar-refractivity contribution is 7.09. The van der Waals surface area contributed by atoms with Crippen molar-refractivity contribution in [2.75, 3.05) is 18.0 Å². The van der Waals surface area contributed by atoms with E-state index >= 15 is 0 Å². The van der Waals surface area contributed by atoms with Crippen LogP contribution in [-0.4, -0.2) is 40.3 Å². The predicted octanol–water partition coefficient (Wildman–Crippen LogP) is 3.06. The summed E-state index contributed by atoms with van der Waals surface area (Å²) in [6.45, 7) is 1.19. The van der Waals surface area contributed by atoms with Gasteiger partial charge in [0.2, 0.25) is 16.9 Å². The number of nitrogens with one attached hydrogen (secondary N) is 2. The van der Waals surface area contributed by atoms with E-state index in [1.807, 2.05) is 35.2 Å². The minimum atomic E-state index is -0.512. The third kappa shape index (κ3) is 6.58. The molecule has 0 radical (unpaired) electrons. The van der Waals surface area contributed by atoms with E-state index < -0.39 is 6.04 Å². The van der Waals surface area contributed by atoms with Gasteiger partial charge in [0.1, 0.15) is 17.7 Å². The van der Waals surface area contributed by atoms with E-state index in [-0.39, 0.29) is 24.2 Å². The van der Waals surface area contributed by atoms with Crippen molar-refractivity contribution in [3.63, 3.8) is 0 Å². The summed E-state index contributed by atoms with van der Waals surface area (Å²) in [5.41, 5.74) is 1.94. The van der Waals surface area contributed by atoms with Crippen LogP contribution >= 0.6 is 11.5 Å². The lowest BCUT2D eigenvalue weighted by Gasteiger charge is -2.23. The smallest absolute Gasteiger partial charge is 0.242 e. The molecule has 2 amide bonds. The highest BCUT2D eigenvalue weighted by Crippen LogP contribution is 2.21. The summed E-state index contributed by atoms with van der Waals surface area (Å²) >= 11 is 1.22. The first-order valence-corrected chi connectivity index (χ1v) is 11.8. The SMILES string of the molecule is O=C(CN(Cc1ccccc1)c1nc(Cc2ccc(F)cc2)ns1)NC1CCCCNC1=O. The standard InChI is InChI=1S/C24H26FN5O2S/c25-19-11-9-17(10-12-19)14-21-28-24(33-29-21)30(15-18-6-2-1-3-7-18)16-22(31)27-20-8-4-5-13-26-23(20)32/h1-3,6-7,9-12,20H,4-5,8,13-16H2,(H,26,32)(H,27,31). The summed E-state index contributed by atoms with van der Waals surface area (Å²) in [6, 6.07) is 15.6. The molecule has 0 saturated carbocycles. The van der Waals surface area contributed by atoms with Crippen LogP contribution in [0.25, 0.3) is 0 Å². The summed E-state index contributed by atoms with van der Waals surface area (Å²) in [6.07, 6.45) is 2.92. The Kier molecular flexibility index (Phi) is 7.62. The Morgan fingerprint density at radius 3 is 2.70 bits per heavy atom. The van der Waals surface area contributed by atoms with Crippen LogP contribution in [0.4, 0.5) is 9.52 Å². The number of nitrogens with zero attached hydrogens (tertiary/aromatic N) is 3. The Morgan fingerprint density at radius 2 is 1.91 bits per heavy atom. The van der Waals surface area contributed by atoms with Crippen molar-refractivity contribution in [1.82, 2.24) is 20.0 Å². The number of halogens is 1. The Hall–Kier alpha value is -3.33. The van der Waals surface area contributed by atoms with Crippen molar-refractivity contribution in [2.24, 2.45) is 0 Å². The number of hydrogen-bond donors (Lipinski definition) is 2. The van der Waals surface area contributed by atoms with Crippen molar-refractivity contribution < 1.29 is 14.0 Å². The van der Waals surface area contributed by atoms with Crippen LogP contribution in [0, 0.1) is 5.82 Å². The molecule has 1 fully saturated rings. The number of carbonyl (C=O) groups excluding carboxylic acids is 2. The third-order valence-electron chi connectivity index (χ3n) is 5.42. The zero-order chi connectivity index (χ0) is 23.0. The highest BCUT2D eigenvalue weighted by Gasteiger charge is 2.24. The molecule has 1 atom stereocenters. The van der Waals surface area contributed by atoms with Gasteiger partial charge in [-0.05, 0) is 42.5 Å². The molecular weight excluding hydrogens is 441 g/mol. The highest BCUT2D eigenvalue weighted by atomic mass is 32.1. The fourth-order valence-electron chi connectivity index (χ4n) is 3.72. The molecule has 1 saturated heterocycles. The maximum Gasteiger partial charge on any atom is 0.242 e. The average molecular weight is 468 g/mol. The van der Waals surface area contributed by atoms with E-state index in [0.29, 0.717) is 36.9 Å². The molecule has 0 spiro atoms. The van der Waals surface area contributed by atoms with Crippen molar-refractivity contribution in [1.29, 1.82) is 0 Å². The van der Waals surface area contributed by atoms with E-state index in [0.717, 1.165) is 24.0 Å². The van der Waals surface area contributed by atoms with Crippen molar-refractivity contribution >= 4 is 28.5 Å². The lowest BCUT2D eigenvalue weighted by Crippen LogP contribution is -2.48. The number of carbonyl (C=O) groups is 2. The van der Waals surface area contributed by atoms with E-state index in [1.54, 1.807) is 12.1 Å². The molecular formula is C24H26FN5O2S. The van der Waals surface area contributed by atoms with Gasteiger partial charge in [-0.3, -0.25) is 9.59 Å². The Morgan fingerprint density at radius 1 is 1.12 bits per heavy atom. The molecule has 33 heavy (non-hydrogen) atoms. The molecule has 0 aliphatic carbocycles. The van der Waals surface area contributed by atoms with Crippen LogP contribution in [0.5, 0.6) is 0 Å². The van der Waals surface area contributed by atoms with Gasteiger partial charge in [-0.2, -0.15) is 4.37 Å². The number of hydrogen-bond acceptors (Lipinski definition) is 6. The lowest BCUT2D eigenvalue weighted by molar-refractivity contribution is -0.128. The first kappa shape index (κ1) is 22.8. The number of benzene rings is 2. The number of amides is 2. The first-order valence-electron chi connectivity index (χ1n) is 11.0. The fraction of sp³-hybridized carbons (Fsp3) is 0.333. The van der Waals surface area contributed by atoms with Crippen LogP contribution in [-0.2, 0) is 22.6 Å². The molecule has 1 aliphatic heterocycles. The minimum absolute atomic E-state index is 0.0594. The van der Waals surface area contributed by atoms with Crippen molar-refractivity contribution in [3.05, 3.63) is 77.4 Å². The first-order chi connectivity index (χ1) is 16.1. The largest absolute Gasteiger partial charge is 0.354 e. The third-order valence-corrected chi connectivity index (χ3v) is 6.24. The van der Waals surface area contributed by atoms with Crippen LogP contribution in [0.3, 0.4) is 0 Å². The van der Waals surface area contributed by atoms with Gasteiger partial charge in [0, 0.05) is 31.0 Å². The predicted molar refractivity (Wildman–Crippen MR) is 125 cm³/mol. The number of anilines is 1. The summed E-state index contributed by atoms with van der Waals surface area (Å²) in [5, 5.41) is 6.34. The topological polar surface area (TPSA) is 87.2 Å². The van der Waals surface area contributed by atoms with Gasteiger partial charge < -0.3 is 15.5 Å². The van der Waals surface area contributed by atoms with Crippen LogP contribution in [0.1, 0.15) is 36.2 Å². The zero-order valence-electron chi connectivity index (χ0n) is 18.2. The average Bonchev–Trinajstić information content (AvgIpc) is 3.19. The molecule has 2 N–H and O–H groups in total. The molecule has 2 aromatic carbocycles. The molecule has 172 valence electrons. The molecule has 7 nitrogen and oxygen atoms in total. The second-order valence-corrected chi connectivity index (χ2v) is 8.78. The van der Waals surface area contributed by atoms with Gasteiger partial charge in [-0.15, -0.1) is 0 Å². The Balaban J connectivity index is 1.47. The summed E-state index contributed by atoms with van der Waals surface area (Å²) in [5.74, 6) is -0.0347. The number of rotatable bonds is 8. The second-order valence-electron chi connectivity index (χ2n) is 8.04. The fourth-order valence-corrected chi connectivity index (χ4v) is 4.40. The number of aromatic nitrogens is 2. The van der Waals surface area contributed by atoms with E-state index in [1.165, 1.54) is 23.7 Å². The van der Waals surface area contributed by atoms with Crippen LogP contribution < -0.4 is 15.5 Å². The molecule has 2 heterocycles. The molecule has 9 heteroatoms. The van der Waals surface area contributed by atoms with E-state index in [4.69, 9.17) is 0 Å². The zero-order valence-corrected chi connectivity index (χ0v) is 19.0. The van der Waals surface area contributed by atoms with Crippen molar-refractivity contribution in [3.8, 4) is 0 Å². The van der Waals surface area contributed by atoms with Gasteiger partial charge in [0.05, 0.1) is 6.54 Å². The lowest BCUT2D eigenvalue weighted by atomic mass is 10.1. The summed E-state index contributed by atoms with van der Waals surface area (Å²) in [4.78, 5) is 31.6. The normalized spacial score (nSPS) is 16.0. The maximum absolute atomic E-state index is 13.2. The Labute approximate surface area is 196 Å². The van der Waals surface area contributed by atoms with Gasteiger partial charge in [-0.1, -0.05) is 42.5 Å². The van der Waals surface area contributed by atoms with Crippen LogP contribution in [0.2, 0.25) is 0 Å². The van der Waals surface area contributed by atoms with E-state index in [9.17, 15) is 14.0 Å². The second kappa shape index (κ2) is 11.0.